The molecular formula is C10H20Cl2HfN2O2. The summed E-state index contributed by atoms with van der Waals surface area (Å²) in [6, 6.07) is 0. The Hall–Kier alpha value is 0.390. The van der Waals surface area contributed by atoms with Crippen molar-refractivity contribution in [3.8, 4) is 0 Å². The van der Waals surface area contributed by atoms with Crippen LogP contribution in [0.1, 0.15) is 39.5 Å². The van der Waals surface area contributed by atoms with Crippen LogP contribution in [0.2, 0.25) is 0 Å². The van der Waals surface area contributed by atoms with Crippen LogP contribution in [0.15, 0.2) is 0 Å². The number of rotatable bonds is 6. The van der Waals surface area contributed by atoms with Crippen molar-refractivity contribution in [3.05, 3.63) is 0 Å². The summed E-state index contributed by atoms with van der Waals surface area (Å²) in [7, 11) is 3.63. The third-order valence-corrected chi connectivity index (χ3v) is 5.92. The van der Waals surface area contributed by atoms with Crippen molar-refractivity contribution in [2.24, 2.45) is 0 Å². The van der Waals surface area contributed by atoms with Gasteiger partial charge in [-0.1, -0.05) is 0 Å². The number of carbonyl (C=O) groups excluding carboxylic acids is 2. The van der Waals surface area contributed by atoms with Crippen molar-refractivity contribution in [1.82, 2.24) is 5.78 Å². The average molecular weight is 450 g/mol. The van der Waals surface area contributed by atoms with E-state index in [0.29, 0.717) is 12.8 Å². The van der Waals surface area contributed by atoms with Crippen LogP contribution < -0.4 is 24.8 Å². The van der Waals surface area contributed by atoms with E-state index in [4.69, 9.17) is 0 Å². The molecular weight excluding hydrogens is 430 g/mol. The fraction of sp³-hybridized carbons (Fsp3) is 0.800. The first kappa shape index (κ1) is 22.6. The summed E-state index contributed by atoms with van der Waals surface area (Å²) < 4.78 is 3.58. The normalized spacial score (nSPS) is 8.24. The molecule has 0 unspecified atom stereocenters. The summed E-state index contributed by atoms with van der Waals surface area (Å²) in [5.74, 6) is 0.356. The zero-order valence-electron chi connectivity index (χ0n) is 10.8. The fourth-order valence-corrected chi connectivity index (χ4v) is 4.32. The fourth-order valence-electron chi connectivity index (χ4n) is 1.10. The summed E-state index contributed by atoms with van der Waals surface area (Å²) in [5.41, 5.74) is 0. The number of nitrogens with zero attached hydrogens (tertiary/aromatic N) is 2. The first-order chi connectivity index (χ1) is 7.02. The van der Waals surface area contributed by atoms with E-state index in [-0.39, 0.29) is 36.6 Å². The van der Waals surface area contributed by atoms with Gasteiger partial charge in [0.1, 0.15) is 0 Å². The molecule has 0 saturated carbocycles. The van der Waals surface area contributed by atoms with Gasteiger partial charge in [-0.25, -0.2) is 0 Å². The van der Waals surface area contributed by atoms with Gasteiger partial charge in [-0.15, -0.1) is 0 Å². The van der Waals surface area contributed by atoms with Gasteiger partial charge in [-0.2, -0.15) is 0 Å². The second-order valence-electron chi connectivity index (χ2n) is 3.51. The Morgan fingerprint density at radius 1 is 0.882 bits per heavy atom. The number of carbonyl (C=O) groups is 2. The summed E-state index contributed by atoms with van der Waals surface area (Å²) in [4.78, 5) is 23.0. The van der Waals surface area contributed by atoms with Gasteiger partial charge < -0.3 is 24.8 Å². The van der Waals surface area contributed by atoms with Crippen molar-refractivity contribution in [2.75, 3.05) is 14.1 Å². The maximum absolute atomic E-state index is 11.5. The van der Waals surface area contributed by atoms with E-state index in [9.17, 15) is 9.59 Å². The average Bonchev–Trinajstić information content (AvgIpc) is 2.18. The molecule has 0 radical (unpaired) electrons. The maximum atomic E-state index is 11.5. The Kier molecular flexibility index (Phi) is 17.0. The molecule has 0 rings (SSSR count). The number of amides is 2. The van der Waals surface area contributed by atoms with Crippen LogP contribution in [-0.4, -0.2) is 31.7 Å². The molecule has 0 saturated heterocycles. The molecule has 0 aliphatic heterocycles. The molecule has 0 aromatic rings. The standard InChI is InChI=1S/2C5H11NO.2ClH.Hf/c2*1-3-4-5(7)6-2;;;/h2*3-4H2,1-2H3,(H,6,7);2*1H;/q;;;;+4/p-4. The molecule has 17 heavy (non-hydrogen) atoms. The molecule has 0 bridgehead atoms. The predicted octanol–water partition coefficient (Wildman–Crippen LogP) is -4.58. The van der Waals surface area contributed by atoms with E-state index in [0.717, 1.165) is 12.8 Å². The molecule has 0 aromatic heterocycles. The van der Waals surface area contributed by atoms with Crippen LogP contribution in [-0.2, 0) is 33.1 Å². The van der Waals surface area contributed by atoms with Crippen molar-refractivity contribution in [3.63, 3.8) is 0 Å². The van der Waals surface area contributed by atoms with Crippen molar-refractivity contribution >= 4 is 11.8 Å². The monoisotopic (exact) mass is 450 g/mol. The third-order valence-electron chi connectivity index (χ3n) is 1.98. The van der Waals surface area contributed by atoms with Gasteiger partial charge in [-0.05, 0) is 0 Å². The second kappa shape index (κ2) is 12.8. The minimum Gasteiger partial charge on any atom is -1.00 e. The number of halogens is 2. The molecule has 0 aromatic carbocycles. The van der Waals surface area contributed by atoms with Gasteiger partial charge in [0.15, 0.2) is 0 Å². The van der Waals surface area contributed by atoms with Gasteiger partial charge in [0.25, 0.3) is 0 Å². The van der Waals surface area contributed by atoms with Crippen LogP contribution in [0, 0.1) is 0 Å². The Labute approximate surface area is 128 Å². The van der Waals surface area contributed by atoms with E-state index in [1.54, 1.807) is 5.78 Å². The summed E-state index contributed by atoms with van der Waals surface area (Å²) in [6.07, 6.45) is 2.94. The van der Waals surface area contributed by atoms with Crippen LogP contribution in [0.5, 0.6) is 0 Å². The van der Waals surface area contributed by atoms with Crippen LogP contribution in [0.3, 0.4) is 0 Å². The van der Waals surface area contributed by atoms with Gasteiger partial charge in [0.2, 0.25) is 0 Å². The Bertz CT molecular complexity index is 208. The van der Waals surface area contributed by atoms with Gasteiger partial charge in [0, 0.05) is 0 Å². The van der Waals surface area contributed by atoms with Crippen LogP contribution in [0.4, 0.5) is 0 Å². The van der Waals surface area contributed by atoms with E-state index < -0.39 is 23.5 Å². The molecule has 0 heterocycles. The molecule has 4 nitrogen and oxygen atoms in total. The van der Waals surface area contributed by atoms with Crippen molar-refractivity contribution < 1.29 is 57.9 Å². The van der Waals surface area contributed by atoms with Gasteiger partial charge >= 0.3 is 104 Å². The summed E-state index contributed by atoms with van der Waals surface area (Å²) in [6.45, 7) is 3.98. The molecule has 2 amide bonds. The topological polar surface area (TPSA) is 40.6 Å². The van der Waals surface area contributed by atoms with Crippen molar-refractivity contribution in [1.29, 1.82) is 0 Å². The predicted molar refractivity (Wildman–Crippen MR) is 55.4 cm³/mol. The van der Waals surface area contributed by atoms with Gasteiger partial charge in [0.05, 0.1) is 0 Å². The molecule has 100 valence electrons. The zero-order valence-corrected chi connectivity index (χ0v) is 15.9. The SMILES string of the molecule is CCCC(=O)[N](C)[Hf+2][N](C)C(=O)CCC.[Cl-].[Cl-]. The Morgan fingerprint density at radius 3 is 1.41 bits per heavy atom. The smallest absolute Gasteiger partial charge is 1.00 e. The molecule has 0 N–H and O–H groups in total. The van der Waals surface area contributed by atoms with Crippen LogP contribution >= 0.6 is 0 Å². The number of hydrogen-bond acceptors (Lipinski definition) is 2. The zero-order chi connectivity index (χ0) is 11.8. The Morgan fingerprint density at radius 2 is 1.18 bits per heavy atom. The quantitative estimate of drug-likeness (QED) is 0.383. The summed E-state index contributed by atoms with van der Waals surface area (Å²) >= 11 is -1.43. The van der Waals surface area contributed by atoms with Crippen molar-refractivity contribution in [2.45, 2.75) is 39.5 Å². The van der Waals surface area contributed by atoms with Gasteiger partial charge in [-0.3, -0.25) is 0 Å². The maximum Gasteiger partial charge on any atom is -1.00 e. The summed E-state index contributed by atoms with van der Waals surface area (Å²) in [5, 5.41) is 0. The molecule has 7 heteroatoms. The largest absolute Gasteiger partial charge is 1.00 e. The minimum atomic E-state index is -1.43. The second-order valence-corrected chi connectivity index (χ2v) is 9.04. The third kappa shape index (κ3) is 10.0. The van der Waals surface area contributed by atoms with E-state index >= 15 is 0 Å². The number of hydrogen-bond donors (Lipinski definition) is 0. The first-order valence-electron chi connectivity index (χ1n) is 5.32. The molecule has 0 aliphatic carbocycles. The molecule has 0 fully saturated rings. The first-order valence-corrected chi connectivity index (χ1v) is 8.53. The van der Waals surface area contributed by atoms with E-state index in [2.05, 4.69) is 0 Å². The molecule has 0 spiro atoms. The van der Waals surface area contributed by atoms with E-state index in [1.165, 1.54) is 0 Å². The molecule has 0 atom stereocenters. The Balaban J connectivity index is -0.000000980. The van der Waals surface area contributed by atoms with Crippen LogP contribution in [0.25, 0.3) is 0 Å². The molecule has 0 aliphatic rings. The minimum absolute atomic E-state index is 0. The van der Waals surface area contributed by atoms with E-state index in [1.807, 2.05) is 27.9 Å².